The Morgan fingerprint density at radius 2 is 1.90 bits per heavy atom. The molecule has 1 atom stereocenters. The van der Waals surface area contributed by atoms with Crippen LogP contribution in [0.3, 0.4) is 0 Å². The van der Waals surface area contributed by atoms with Crippen LogP contribution in [0.1, 0.15) is 11.3 Å². The summed E-state index contributed by atoms with van der Waals surface area (Å²) in [4.78, 5) is 8.18. The summed E-state index contributed by atoms with van der Waals surface area (Å²) < 4.78 is 7.37. The summed E-state index contributed by atoms with van der Waals surface area (Å²) in [5, 5.41) is 3.89. The van der Waals surface area contributed by atoms with E-state index >= 15 is 0 Å². The quantitative estimate of drug-likeness (QED) is 0.357. The fourth-order valence-corrected chi connectivity index (χ4v) is 5.89. The number of nitrogens with zero attached hydrogens (tertiary/aromatic N) is 2. The van der Waals surface area contributed by atoms with Crippen LogP contribution in [0, 0.1) is 6.92 Å². The Labute approximate surface area is 205 Å². The average Bonchev–Trinajstić information content (AvgIpc) is 3.16. The fraction of sp³-hybridized carbons (Fsp3) is 0.136. The van der Waals surface area contributed by atoms with Gasteiger partial charge in [0.15, 0.2) is 0 Å². The molecule has 0 amide bonds. The molecule has 0 fully saturated rings. The van der Waals surface area contributed by atoms with Crippen LogP contribution in [-0.2, 0) is 5.75 Å². The van der Waals surface area contributed by atoms with Gasteiger partial charge in [0.1, 0.15) is 0 Å². The van der Waals surface area contributed by atoms with Gasteiger partial charge in [0, 0.05) is 0 Å². The number of hydrogen-bond acceptors (Lipinski definition) is 5. The van der Waals surface area contributed by atoms with Crippen LogP contribution in [-0.4, -0.2) is 28.4 Å². The third kappa shape index (κ3) is 5.66. The summed E-state index contributed by atoms with van der Waals surface area (Å²) in [7, 11) is 0. The van der Waals surface area contributed by atoms with Gasteiger partial charge in [-0.3, -0.25) is 0 Å². The molecule has 156 valence electrons. The minimum Gasteiger partial charge on any atom is -0.147 e. The van der Waals surface area contributed by atoms with Gasteiger partial charge >= 0.3 is 194 Å². The standard InChI is InChI=1S/C22H20AsClN2OS2.ClH/c1-15-13-29-22(25-15)26-12-18(28-14-16-7-5-6-10-19(16)24)11-20(21(26)23)27-17-8-3-2-4-9-17;/h2-11,13H,12,14,23H2,1H3;1H. The molecule has 0 spiro atoms. The minimum absolute atomic E-state index is 0. The van der Waals surface area contributed by atoms with Crippen LogP contribution in [0.4, 0.5) is 5.13 Å². The molecular formula is C22H21AsCl2N2OS2. The molecule has 3 aromatic rings. The van der Waals surface area contributed by atoms with Crippen LogP contribution in [0.2, 0.25) is 5.02 Å². The molecule has 1 aliphatic rings. The number of ether oxygens (including phenoxy) is 1. The zero-order chi connectivity index (χ0) is 20.2. The molecule has 30 heavy (non-hydrogen) atoms. The average molecular weight is 539 g/mol. The monoisotopic (exact) mass is 538 g/mol. The molecule has 1 aliphatic heterocycles. The molecule has 4 rings (SSSR count). The summed E-state index contributed by atoms with van der Waals surface area (Å²) in [5.41, 5.74) is 2.17. The van der Waals surface area contributed by atoms with Crippen molar-refractivity contribution in [2.24, 2.45) is 0 Å². The fourth-order valence-electron chi connectivity index (χ4n) is 2.85. The predicted octanol–water partition coefficient (Wildman–Crippen LogP) is 6.05. The second-order valence-electron chi connectivity index (χ2n) is 6.51. The van der Waals surface area contributed by atoms with Crippen molar-refractivity contribution in [1.82, 2.24) is 4.98 Å². The number of thiazole rings is 1. The number of para-hydroxylation sites is 1. The number of anilines is 1. The van der Waals surface area contributed by atoms with E-state index in [0.29, 0.717) is 0 Å². The van der Waals surface area contributed by atoms with E-state index in [9.17, 15) is 0 Å². The number of aromatic nitrogens is 1. The number of thioether (sulfide) groups is 1. The van der Waals surface area contributed by atoms with E-state index in [2.05, 4.69) is 22.4 Å². The van der Waals surface area contributed by atoms with Crippen molar-refractivity contribution in [2.45, 2.75) is 12.7 Å². The molecule has 2 heterocycles. The Bertz CT molecular complexity index is 1070. The second-order valence-corrected chi connectivity index (χ2v) is 10.0. The third-order valence-corrected chi connectivity index (χ3v) is 8.00. The molecular weight excluding hydrogens is 518 g/mol. The van der Waals surface area contributed by atoms with E-state index in [-0.39, 0.29) is 12.4 Å². The van der Waals surface area contributed by atoms with E-state index < -0.39 is 0 Å². The molecule has 0 bridgehead atoms. The molecule has 1 unspecified atom stereocenters. The Morgan fingerprint density at radius 1 is 1.17 bits per heavy atom. The van der Waals surface area contributed by atoms with Crippen LogP contribution < -0.4 is 9.64 Å². The first-order valence-electron chi connectivity index (χ1n) is 9.09. The Hall–Kier alpha value is -1.36. The number of benzene rings is 2. The first-order chi connectivity index (χ1) is 14.1. The van der Waals surface area contributed by atoms with E-state index in [4.69, 9.17) is 21.3 Å². The number of hydrogen-bond donors (Lipinski definition) is 0. The molecule has 0 saturated carbocycles. The normalized spacial score (nSPS) is 13.7. The smallest absolute Gasteiger partial charge is 0.147 e. The van der Waals surface area contributed by atoms with Gasteiger partial charge in [-0.2, -0.15) is 0 Å². The van der Waals surface area contributed by atoms with E-state index in [1.54, 1.807) is 23.1 Å². The summed E-state index contributed by atoms with van der Waals surface area (Å²) in [6.07, 6.45) is 2.16. The van der Waals surface area contributed by atoms with E-state index in [0.717, 1.165) is 49.7 Å². The van der Waals surface area contributed by atoms with Crippen LogP contribution in [0.25, 0.3) is 0 Å². The summed E-state index contributed by atoms with van der Waals surface area (Å²) in [6.45, 7) is 2.82. The Balaban J connectivity index is 0.00000256. The third-order valence-electron chi connectivity index (χ3n) is 4.33. The van der Waals surface area contributed by atoms with Gasteiger partial charge in [-0.25, -0.2) is 0 Å². The maximum Gasteiger partial charge on any atom is -0.147 e. The van der Waals surface area contributed by atoms with Crippen molar-refractivity contribution in [3.8, 4) is 5.75 Å². The molecule has 1 aromatic heterocycles. The van der Waals surface area contributed by atoms with Gasteiger partial charge in [0.25, 0.3) is 0 Å². The second kappa shape index (κ2) is 10.8. The summed E-state index contributed by atoms with van der Waals surface area (Å²) in [6, 6.07) is 17.9. The number of aryl methyl sites for hydroxylation is 1. The van der Waals surface area contributed by atoms with Crippen molar-refractivity contribution in [3.63, 3.8) is 0 Å². The topological polar surface area (TPSA) is 25.4 Å². The van der Waals surface area contributed by atoms with Crippen LogP contribution in [0.15, 0.2) is 81.2 Å². The molecule has 0 aliphatic carbocycles. The molecule has 0 N–H and O–H groups in total. The van der Waals surface area contributed by atoms with Crippen molar-refractivity contribution >= 4 is 69.1 Å². The maximum atomic E-state index is 6.35. The first kappa shape index (κ1) is 23.3. The first-order valence-corrected chi connectivity index (χ1v) is 12.5. The molecule has 3 nitrogen and oxygen atoms in total. The largest absolute Gasteiger partial charge is 0.147 e. The van der Waals surface area contributed by atoms with Crippen LogP contribution >= 0.6 is 47.1 Å². The Kier molecular flexibility index (Phi) is 8.38. The zero-order valence-corrected chi connectivity index (χ0v) is 21.9. The molecule has 0 radical (unpaired) electrons. The molecule has 2 aromatic carbocycles. The van der Waals surface area contributed by atoms with Gasteiger partial charge in [0.05, 0.1) is 0 Å². The van der Waals surface area contributed by atoms with Gasteiger partial charge < -0.3 is 0 Å². The van der Waals surface area contributed by atoms with Gasteiger partial charge in [-0.15, -0.1) is 12.4 Å². The number of halogens is 2. The van der Waals surface area contributed by atoms with Crippen LogP contribution in [0.5, 0.6) is 5.75 Å². The summed E-state index contributed by atoms with van der Waals surface area (Å²) >= 11 is 11.3. The van der Waals surface area contributed by atoms with Gasteiger partial charge in [-0.1, -0.05) is 0 Å². The minimum atomic E-state index is 0. The van der Waals surface area contributed by atoms with Crippen molar-refractivity contribution < 1.29 is 4.74 Å². The van der Waals surface area contributed by atoms with Crippen molar-refractivity contribution in [3.05, 3.63) is 97.5 Å². The number of allylic oxidation sites excluding steroid dienone is 1. The molecule has 0 saturated heterocycles. The zero-order valence-electron chi connectivity index (χ0n) is 16.2. The van der Waals surface area contributed by atoms with Gasteiger partial charge in [0.2, 0.25) is 0 Å². The molecule has 8 heteroatoms. The number of rotatable bonds is 6. The van der Waals surface area contributed by atoms with Crippen molar-refractivity contribution in [1.29, 1.82) is 0 Å². The Morgan fingerprint density at radius 3 is 2.60 bits per heavy atom. The summed E-state index contributed by atoms with van der Waals surface area (Å²) in [5.74, 6) is 2.53. The van der Waals surface area contributed by atoms with Crippen molar-refractivity contribution in [2.75, 3.05) is 11.4 Å². The van der Waals surface area contributed by atoms with E-state index in [1.807, 2.05) is 55.5 Å². The van der Waals surface area contributed by atoms with Gasteiger partial charge in [-0.05, 0) is 0 Å². The maximum absolute atomic E-state index is 6.35. The van der Waals surface area contributed by atoms with E-state index in [1.165, 1.54) is 21.8 Å². The predicted molar refractivity (Wildman–Crippen MR) is 135 cm³/mol. The SMILES string of the molecule is Cc1csc(N2CC(SCc3ccccc3Cl)=CC(Oc3ccccc3)=C2[AsH2])n1.Cl.